The van der Waals surface area contributed by atoms with E-state index in [1.54, 1.807) is 0 Å². The van der Waals surface area contributed by atoms with Crippen LogP contribution < -0.4 is 5.48 Å². The average Bonchev–Trinajstić information content (AvgIpc) is 2.25. The summed E-state index contributed by atoms with van der Waals surface area (Å²) in [5.41, 5.74) is 1.85. The Hall–Kier alpha value is 0.400. The Morgan fingerprint density at radius 1 is 1.38 bits per heavy atom. The van der Waals surface area contributed by atoms with Crippen LogP contribution in [-0.2, 0) is 14.2 Å². The molecule has 1 N–H and O–H groups in total. The molecule has 0 aromatic carbocycles. The van der Waals surface area contributed by atoms with Crippen LogP contribution in [0.25, 0.3) is 0 Å². The maximum Gasteiger partial charge on any atom is 0.318 e. The molecule has 0 spiro atoms. The SMILES string of the molecule is CC(NOC1CCCCC1)C(=O)P(=O)(Cl)Cl. The van der Waals surface area contributed by atoms with Crippen molar-refractivity contribution in [1.82, 2.24) is 5.48 Å². The van der Waals surface area contributed by atoms with Gasteiger partial charge in [-0.2, -0.15) is 5.48 Å². The Kier molecular flexibility index (Phi) is 5.75. The average molecular weight is 288 g/mol. The van der Waals surface area contributed by atoms with E-state index < -0.39 is 17.4 Å². The standard InChI is InChI=1S/C9H16Cl2NO3P/c1-7(9(13)16(10,11)14)12-15-8-5-3-2-4-6-8/h7-8,12H,2-6H2,1H3. The van der Waals surface area contributed by atoms with Gasteiger partial charge in [-0.1, -0.05) is 19.3 Å². The van der Waals surface area contributed by atoms with Gasteiger partial charge in [-0.05, 0) is 42.2 Å². The lowest BCUT2D eigenvalue weighted by atomic mass is 9.98. The molecule has 0 radical (unpaired) electrons. The van der Waals surface area contributed by atoms with Crippen molar-refractivity contribution < 1.29 is 14.2 Å². The fourth-order valence-corrected chi connectivity index (χ4v) is 3.04. The molecule has 1 aliphatic rings. The summed E-state index contributed by atoms with van der Waals surface area (Å²) in [6, 6.07) is -0.747. The number of nitrogens with one attached hydrogen (secondary N) is 1. The first-order valence-corrected chi connectivity index (χ1v) is 8.88. The highest BCUT2D eigenvalue weighted by Crippen LogP contribution is 2.57. The van der Waals surface area contributed by atoms with Gasteiger partial charge in [0.05, 0.1) is 12.1 Å². The van der Waals surface area contributed by atoms with Gasteiger partial charge >= 0.3 is 5.85 Å². The number of hydrogen-bond acceptors (Lipinski definition) is 4. The van der Waals surface area contributed by atoms with E-state index in [1.807, 2.05) is 0 Å². The Labute approximate surface area is 105 Å². The molecule has 0 aliphatic heterocycles. The summed E-state index contributed by atoms with van der Waals surface area (Å²) in [6.45, 7) is 1.53. The third kappa shape index (κ3) is 4.72. The summed E-state index contributed by atoms with van der Waals surface area (Å²) in [5.74, 6) is -3.72. The van der Waals surface area contributed by atoms with Crippen LogP contribution in [0.15, 0.2) is 0 Å². The van der Waals surface area contributed by atoms with E-state index in [1.165, 1.54) is 13.3 Å². The predicted octanol–water partition coefficient (Wildman–Crippen LogP) is 3.43. The summed E-state index contributed by atoms with van der Waals surface area (Å²) < 4.78 is 11.1. The molecule has 4 nitrogen and oxygen atoms in total. The minimum absolute atomic E-state index is 0.119. The second kappa shape index (κ2) is 6.36. The molecule has 0 aromatic heterocycles. The van der Waals surface area contributed by atoms with Gasteiger partial charge in [-0.15, -0.1) is 0 Å². The zero-order chi connectivity index (χ0) is 12.2. The van der Waals surface area contributed by atoms with Crippen molar-refractivity contribution in [3.8, 4) is 0 Å². The molecule has 0 aromatic rings. The van der Waals surface area contributed by atoms with E-state index >= 15 is 0 Å². The zero-order valence-corrected chi connectivity index (χ0v) is 11.5. The monoisotopic (exact) mass is 287 g/mol. The van der Waals surface area contributed by atoms with Crippen LogP contribution >= 0.6 is 28.3 Å². The Morgan fingerprint density at radius 2 is 1.94 bits per heavy atom. The molecule has 1 atom stereocenters. The van der Waals surface area contributed by atoms with Gasteiger partial charge in [0.2, 0.25) is 5.52 Å². The maximum absolute atomic E-state index is 11.4. The van der Waals surface area contributed by atoms with Gasteiger partial charge in [0.1, 0.15) is 0 Å². The second-order valence-corrected chi connectivity index (χ2v) is 8.76. The summed E-state index contributed by atoms with van der Waals surface area (Å²) >= 11 is 10.6. The van der Waals surface area contributed by atoms with E-state index in [-0.39, 0.29) is 6.10 Å². The van der Waals surface area contributed by atoms with Crippen LogP contribution in [0.1, 0.15) is 39.0 Å². The highest BCUT2D eigenvalue weighted by molar-refractivity contribution is 8.19. The van der Waals surface area contributed by atoms with Gasteiger partial charge in [-0.25, -0.2) is 0 Å². The highest BCUT2D eigenvalue weighted by atomic mass is 35.9. The number of hydroxylamine groups is 1. The van der Waals surface area contributed by atoms with Crippen LogP contribution in [0, 0.1) is 0 Å². The fraction of sp³-hybridized carbons (Fsp3) is 0.889. The van der Waals surface area contributed by atoms with Crippen molar-refractivity contribution in [2.24, 2.45) is 0 Å². The van der Waals surface area contributed by atoms with Crippen LogP contribution in [0.4, 0.5) is 0 Å². The quantitative estimate of drug-likeness (QED) is 0.622. The molecule has 1 unspecified atom stereocenters. The van der Waals surface area contributed by atoms with E-state index in [2.05, 4.69) is 5.48 Å². The molecule has 1 saturated carbocycles. The molecule has 1 aliphatic carbocycles. The second-order valence-electron chi connectivity index (χ2n) is 4.02. The van der Waals surface area contributed by atoms with Crippen molar-refractivity contribution in [2.75, 3.05) is 0 Å². The summed E-state index contributed by atoms with van der Waals surface area (Å²) in [4.78, 5) is 16.7. The molecular weight excluding hydrogens is 272 g/mol. The van der Waals surface area contributed by atoms with Crippen molar-refractivity contribution in [2.45, 2.75) is 51.2 Å². The van der Waals surface area contributed by atoms with Crippen LogP contribution in [0.2, 0.25) is 0 Å². The lowest BCUT2D eigenvalue weighted by Gasteiger charge is -2.23. The van der Waals surface area contributed by atoms with E-state index in [9.17, 15) is 9.36 Å². The predicted molar refractivity (Wildman–Crippen MR) is 64.9 cm³/mol. The third-order valence-electron chi connectivity index (χ3n) is 2.59. The van der Waals surface area contributed by atoms with Gasteiger partial charge in [0, 0.05) is 0 Å². The molecule has 94 valence electrons. The van der Waals surface area contributed by atoms with E-state index in [0.717, 1.165) is 25.7 Å². The fourth-order valence-electron chi connectivity index (χ4n) is 1.66. The number of carbonyl (C=O) groups is 1. The molecule has 7 heteroatoms. The Morgan fingerprint density at radius 3 is 2.44 bits per heavy atom. The minimum Gasteiger partial charge on any atom is -0.298 e. The molecule has 0 bridgehead atoms. The first-order chi connectivity index (χ1) is 7.41. The van der Waals surface area contributed by atoms with Crippen LogP contribution in [0.3, 0.4) is 0 Å². The molecule has 0 heterocycles. The maximum atomic E-state index is 11.4. The van der Waals surface area contributed by atoms with Gasteiger partial charge in [0.15, 0.2) is 0 Å². The van der Waals surface area contributed by atoms with Crippen LogP contribution in [0.5, 0.6) is 0 Å². The third-order valence-corrected chi connectivity index (χ3v) is 4.49. The number of rotatable bonds is 5. The first-order valence-electron chi connectivity index (χ1n) is 5.36. The summed E-state index contributed by atoms with van der Waals surface area (Å²) in [7, 11) is 0. The van der Waals surface area contributed by atoms with Crippen molar-refractivity contribution in [1.29, 1.82) is 0 Å². The molecule has 0 amide bonds. The van der Waals surface area contributed by atoms with Crippen molar-refractivity contribution in [3.63, 3.8) is 0 Å². The summed E-state index contributed by atoms with van der Waals surface area (Å²) in [6.07, 6.45) is 5.58. The van der Waals surface area contributed by atoms with E-state index in [4.69, 9.17) is 27.3 Å². The minimum atomic E-state index is -3.72. The molecule has 1 rings (SSSR count). The molecular formula is C9H16Cl2NO3P. The smallest absolute Gasteiger partial charge is 0.298 e. The Balaban J connectivity index is 2.31. The first kappa shape index (κ1) is 14.5. The largest absolute Gasteiger partial charge is 0.318 e. The van der Waals surface area contributed by atoms with E-state index in [0.29, 0.717) is 0 Å². The molecule has 16 heavy (non-hydrogen) atoms. The number of hydrogen-bond donors (Lipinski definition) is 1. The topological polar surface area (TPSA) is 55.4 Å². The Bertz CT molecular complexity index is 288. The van der Waals surface area contributed by atoms with Gasteiger partial charge < -0.3 is 0 Å². The van der Waals surface area contributed by atoms with Gasteiger partial charge in [-0.3, -0.25) is 14.2 Å². The summed E-state index contributed by atoms with van der Waals surface area (Å²) in [5, 5.41) is 0. The van der Waals surface area contributed by atoms with Crippen molar-refractivity contribution in [3.05, 3.63) is 0 Å². The lowest BCUT2D eigenvalue weighted by Crippen LogP contribution is -2.36. The van der Waals surface area contributed by atoms with Gasteiger partial charge in [0.25, 0.3) is 0 Å². The normalized spacial score (nSPS) is 20.7. The lowest BCUT2D eigenvalue weighted by molar-refractivity contribution is -0.120. The molecule has 1 fully saturated rings. The van der Waals surface area contributed by atoms with Crippen LogP contribution in [-0.4, -0.2) is 17.7 Å². The number of carbonyl (C=O) groups excluding carboxylic acids is 1. The van der Waals surface area contributed by atoms with Crippen molar-refractivity contribution >= 4 is 33.9 Å². The number of halogens is 2. The molecule has 0 saturated heterocycles. The highest BCUT2D eigenvalue weighted by Gasteiger charge is 2.31. The zero-order valence-electron chi connectivity index (χ0n) is 9.12.